The van der Waals surface area contributed by atoms with Crippen molar-refractivity contribution >= 4 is 17.7 Å². The maximum Gasteiger partial charge on any atom is 0.304 e. The van der Waals surface area contributed by atoms with Crippen molar-refractivity contribution in [2.24, 2.45) is 0 Å². The lowest BCUT2D eigenvalue weighted by Gasteiger charge is -2.17. The Morgan fingerprint density at radius 3 is 2.46 bits per heavy atom. The Hall–Kier alpha value is -0.220. The van der Waals surface area contributed by atoms with Crippen molar-refractivity contribution in [1.29, 1.82) is 0 Å². The van der Waals surface area contributed by atoms with E-state index in [1.54, 1.807) is 25.6 Å². The van der Waals surface area contributed by atoms with Crippen molar-refractivity contribution < 1.29 is 15.0 Å². The average molecular weight is 206 g/mol. The normalized spacial score (nSPS) is 14.2. The van der Waals surface area contributed by atoms with Gasteiger partial charge in [-0.05, 0) is 26.0 Å². The largest absolute Gasteiger partial charge is 0.481 e. The highest BCUT2D eigenvalue weighted by atomic mass is 32.2. The molecule has 0 bridgehead atoms. The number of hydrogen-bond acceptors (Lipinski definition) is 3. The zero-order valence-electron chi connectivity index (χ0n) is 8.41. The molecule has 4 heteroatoms. The third-order valence-corrected chi connectivity index (χ3v) is 2.75. The van der Waals surface area contributed by atoms with E-state index in [9.17, 15) is 9.90 Å². The summed E-state index contributed by atoms with van der Waals surface area (Å²) in [4.78, 5) is 10.3. The van der Waals surface area contributed by atoms with E-state index >= 15 is 0 Å². The van der Waals surface area contributed by atoms with Crippen LogP contribution in [0.5, 0.6) is 0 Å². The molecule has 1 atom stereocenters. The Bertz CT molecular complexity index is 163. The van der Waals surface area contributed by atoms with Crippen molar-refractivity contribution in [3.8, 4) is 0 Å². The Morgan fingerprint density at radius 1 is 1.54 bits per heavy atom. The molecule has 0 amide bonds. The lowest BCUT2D eigenvalue weighted by molar-refractivity contribution is -0.136. The number of carboxylic acid groups (broad SMARTS) is 1. The Balaban J connectivity index is 3.48. The molecule has 1 unspecified atom stereocenters. The summed E-state index contributed by atoms with van der Waals surface area (Å²) in [5.74, 6) is 0.0426. The summed E-state index contributed by atoms with van der Waals surface area (Å²) in [7, 11) is 0. The highest BCUT2D eigenvalue weighted by molar-refractivity contribution is 7.99. The van der Waals surface area contributed by atoms with Crippen molar-refractivity contribution in [1.82, 2.24) is 0 Å². The zero-order valence-corrected chi connectivity index (χ0v) is 9.23. The minimum Gasteiger partial charge on any atom is -0.481 e. The lowest BCUT2D eigenvalue weighted by atomic mass is 10.1. The molecule has 0 spiro atoms. The fourth-order valence-electron chi connectivity index (χ4n) is 0.815. The van der Waals surface area contributed by atoms with Crippen LogP contribution in [0.15, 0.2) is 0 Å². The van der Waals surface area contributed by atoms with Gasteiger partial charge in [0.2, 0.25) is 0 Å². The van der Waals surface area contributed by atoms with Crippen LogP contribution >= 0.6 is 11.8 Å². The minimum atomic E-state index is -0.761. The first-order valence-electron chi connectivity index (χ1n) is 4.37. The molecule has 0 aliphatic rings. The van der Waals surface area contributed by atoms with Gasteiger partial charge >= 0.3 is 5.97 Å². The summed E-state index contributed by atoms with van der Waals surface area (Å²) in [5.41, 5.74) is -0.643. The Kier molecular flexibility index (Phi) is 5.40. The van der Waals surface area contributed by atoms with Gasteiger partial charge in [-0.1, -0.05) is 6.92 Å². The first-order chi connectivity index (χ1) is 5.81. The lowest BCUT2D eigenvalue weighted by Crippen LogP contribution is -2.20. The van der Waals surface area contributed by atoms with Crippen LogP contribution in [-0.4, -0.2) is 32.8 Å². The van der Waals surface area contributed by atoms with Gasteiger partial charge < -0.3 is 10.2 Å². The number of rotatable bonds is 6. The van der Waals surface area contributed by atoms with Crippen molar-refractivity contribution in [2.75, 3.05) is 5.75 Å². The van der Waals surface area contributed by atoms with Crippen LogP contribution in [0.2, 0.25) is 0 Å². The molecule has 3 nitrogen and oxygen atoms in total. The van der Waals surface area contributed by atoms with E-state index in [1.807, 2.05) is 6.92 Å². The molecule has 13 heavy (non-hydrogen) atoms. The van der Waals surface area contributed by atoms with Crippen LogP contribution in [0.25, 0.3) is 0 Å². The van der Waals surface area contributed by atoms with Gasteiger partial charge in [0.05, 0.1) is 12.0 Å². The van der Waals surface area contributed by atoms with Crippen LogP contribution in [0.4, 0.5) is 0 Å². The molecule has 0 aromatic carbocycles. The summed E-state index contributed by atoms with van der Waals surface area (Å²) < 4.78 is 0. The highest BCUT2D eigenvalue weighted by Crippen LogP contribution is 2.18. The van der Waals surface area contributed by atoms with Crippen LogP contribution < -0.4 is 0 Å². The second-order valence-electron chi connectivity index (χ2n) is 3.84. The van der Waals surface area contributed by atoms with Crippen molar-refractivity contribution in [3.05, 3.63) is 0 Å². The maximum atomic E-state index is 10.3. The molecule has 0 aromatic rings. The summed E-state index contributed by atoms with van der Waals surface area (Å²) >= 11 is 1.59. The van der Waals surface area contributed by atoms with Gasteiger partial charge in [-0.3, -0.25) is 4.79 Å². The molecule has 0 heterocycles. The molecule has 0 aliphatic carbocycles. The van der Waals surface area contributed by atoms with E-state index in [0.29, 0.717) is 6.42 Å². The fraction of sp³-hybridized carbons (Fsp3) is 0.889. The van der Waals surface area contributed by atoms with Gasteiger partial charge in [-0.25, -0.2) is 0 Å². The van der Waals surface area contributed by atoms with Gasteiger partial charge in [0, 0.05) is 5.25 Å². The van der Waals surface area contributed by atoms with Gasteiger partial charge in [0.1, 0.15) is 0 Å². The Morgan fingerprint density at radius 2 is 2.08 bits per heavy atom. The zero-order chi connectivity index (χ0) is 10.5. The summed E-state index contributed by atoms with van der Waals surface area (Å²) in [6, 6.07) is 0. The summed E-state index contributed by atoms with van der Waals surface area (Å²) in [6.07, 6.45) is 0.887. The van der Waals surface area contributed by atoms with E-state index in [4.69, 9.17) is 5.11 Å². The number of hydrogen-bond donors (Lipinski definition) is 2. The second-order valence-corrected chi connectivity index (χ2v) is 5.39. The molecule has 0 fully saturated rings. The van der Waals surface area contributed by atoms with Crippen LogP contribution in [0.3, 0.4) is 0 Å². The molecule has 0 aliphatic heterocycles. The predicted octanol–water partition coefficient (Wildman–Crippen LogP) is 1.74. The summed E-state index contributed by atoms with van der Waals surface area (Å²) in [6.45, 7) is 5.41. The molecule has 0 aromatic heterocycles. The van der Waals surface area contributed by atoms with Gasteiger partial charge in [-0.2, -0.15) is 11.8 Å². The molecule has 2 N–H and O–H groups in total. The molecule has 0 saturated heterocycles. The first kappa shape index (κ1) is 12.8. The highest BCUT2D eigenvalue weighted by Gasteiger charge is 2.14. The number of aliphatic hydroxyl groups is 1. The molecule has 0 rings (SSSR count). The fourth-order valence-corrected chi connectivity index (χ4v) is 2.09. The van der Waals surface area contributed by atoms with Crippen LogP contribution in [0, 0.1) is 0 Å². The minimum absolute atomic E-state index is 0.125. The first-order valence-corrected chi connectivity index (χ1v) is 5.42. The molecular weight excluding hydrogens is 188 g/mol. The smallest absolute Gasteiger partial charge is 0.304 e. The number of aliphatic carboxylic acids is 1. The number of thioether (sulfide) groups is 1. The van der Waals surface area contributed by atoms with E-state index in [-0.39, 0.29) is 11.7 Å². The number of carboxylic acids is 1. The van der Waals surface area contributed by atoms with Crippen LogP contribution in [0.1, 0.15) is 33.6 Å². The summed E-state index contributed by atoms with van der Waals surface area (Å²) in [5, 5.41) is 18.0. The Labute approximate surface area is 83.5 Å². The predicted molar refractivity (Wildman–Crippen MR) is 55.1 cm³/mol. The van der Waals surface area contributed by atoms with Gasteiger partial charge in [0.15, 0.2) is 0 Å². The standard InChI is InChI=1S/C9H18O3S/c1-7(6-8(10)11)13-5-4-9(2,3)12/h7,12H,4-6H2,1-3H3,(H,10,11). The third kappa shape index (κ3) is 9.70. The topological polar surface area (TPSA) is 57.5 Å². The molecular formula is C9H18O3S. The van der Waals surface area contributed by atoms with E-state index in [1.165, 1.54) is 0 Å². The quantitative estimate of drug-likeness (QED) is 0.695. The van der Waals surface area contributed by atoms with Crippen molar-refractivity contribution in [2.45, 2.75) is 44.5 Å². The average Bonchev–Trinajstić information content (AvgIpc) is 1.81. The monoisotopic (exact) mass is 206 g/mol. The maximum absolute atomic E-state index is 10.3. The molecule has 0 radical (unpaired) electrons. The third-order valence-electron chi connectivity index (χ3n) is 1.58. The van der Waals surface area contributed by atoms with E-state index in [0.717, 1.165) is 5.75 Å². The molecule has 0 saturated carbocycles. The van der Waals surface area contributed by atoms with Gasteiger partial charge in [-0.15, -0.1) is 0 Å². The van der Waals surface area contributed by atoms with Crippen molar-refractivity contribution in [3.63, 3.8) is 0 Å². The number of carbonyl (C=O) groups is 1. The van der Waals surface area contributed by atoms with E-state index < -0.39 is 11.6 Å². The van der Waals surface area contributed by atoms with Crippen LogP contribution in [-0.2, 0) is 4.79 Å². The second kappa shape index (κ2) is 5.50. The van der Waals surface area contributed by atoms with Gasteiger partial charge in [0.25, 0.3) is 0 Å². The SMILES string of the molecule is CC(CC(=O)O)SCCC(C)(C)O. The van der Waals surface area contributed by atoms with E-state index in [2.05, 4.69) is 0 Å². The molecule has 78 valence electrons.